The van der Waals surface area contributed by atoms with Crippen molar-refractivity contribution in [1.29, 1.82) is 0 Å². The zero-order valence-corrected chi connectivity index (χ0v) is 25.3. The maximum Gasteiger partial charge on any atom is 0.261 e. The summed E-state index contributed by atoms with van der Waals surface area (Å²) < 4.78 is 45.4. The van der Waals surface area contributed by atoms with Crippen LogP contribution < -0.4 is 4.72 Å². The van der Waals surface area contributed by atoms with E-state index in [0.717, 1.165) is 16.7 Å². The second kappa shape index (κ2) is 11.1. The van der Waals surface area contributed by atoms with Crippen LogP contribution >= 0.6 is 9.39 Å². The van der Waals surface area contributed by atoms with Gasteiger partial charge < -0.3 is 4.98 Å². The first-order valence-corrected chi connectivity index (χ1v) is 16.6. The zero-order chi connectivity index (χ0) is 31.3. The Morgan fingerprint density at radius 2 is 1.78 bits per heavy atom. The number of benzene rings is 1. The van der Waals surface area contributed by atoms with Crippen LogP contribution in [0, 0.1) is 5.82 Å². The van der Waals surface area contributed by atoms with E-state index < -0.39 is 15.3 Å². The molecule has 0 bridgehead atoms. The van der Waals surface area contributed by atoms with Crippen molar-refractivity contribution in [3.8, 4) is 33.9 Å². The molecule has 0 radical (unpaired) electrons. The maximum atomic E-state index is 14.7. The molecular weight excluding hydrogens is 599 g/mol. The normalized spacial score (nSPS) is 15.4. The molecule has 0 amide bonds. The predicted molar refractivity (Wildman–Crippen MR) is 175 cm³/mol. The predicted octanol–water partition coefficient (Wildman–Crippen LogP) is 5.91. The Kier molecular flexibility index (Phi) is 7.18. The van der Waals surface area contributed by atoms with E-state index in [4.69, 9.17) is 9.97 Å². The highest BCUT2D eigenvalue weighted by atomic mass is 32.2. The molecule has 1 aromatic carbocycles. The molecule has 13 heteroatoms. The van der Waals surface area contributed by atoms with E-state index in [0.29, 0.717) is 70.0 Å². The average Bonchev–Trinajstić information content (AvgIpc) is 3.71. The molecule has 9 nitrogen and oxygen atoms in total. The second-order valence-corrected chi connectivity index (χ2v) is 14.5. The molecule has 6 heterocycles. The van der Waals surface area contributed by atoms with Crippen LogP contribution in [0.5, 0.6) is 0 Å². The Hall–Kier alpha value is -4.59. The molecule has 0 aliphatic carbocycles. The van der Waals surface area contributed by atoms with Crippen molar-refractivity contribution in [3.63, 3.8) is 0 Å². The molecule has 5 aromatic heterocycles. The van der Waals surface area contributed by atoms with E-state index in [9.17, 15) is 13.2 Å². The van der Waals surface area contributed by atoms with Gasteiger partial charge in [0.2, 0.25) is 0 Å². The van der Waals surface area contributed by atoms with Gasteiger partial charge in [-0.25, -0.2) is 23.1 Å². The fourth-order valence-electron chi connectivity index (χ4n) is 5.56. The highest BCUT2D eigenvalue weighted by Crippen LogP contribution is 2.33. The van der Waals surface area contributed by atoms with Crippen molar-refractivity contribution in [3.05, 3.63) is 78.1 Å². The van der Waals surface area contributed by atoms with Crippen LogP contribution in [0.3, 0.4) is 0 Å². The van der Waals surface area contributed by atoms with Crippen LogP contribution in [0.1, 0.15) is 17.5 Å². The molecule has 0 unspecified atom stereocenters. The summed E-state index contributed by atoms with van der Waals surface area (Å²) in [5, 5.41) is 7.52. The van der Waals surface area contributed by atoms with E-state index in [1.807, 2.05) is 30.5 Å². The third-order valence-electron chi connectivity index (χ3n) is 7.67. The molecule has 230 valence electrons. The first kappa shape index (κ1) is 29.1. The number of hydrogen-bond acceptors (Lipinski definition) is 7. The molecule has 1 aliphatic rings. The van der Waals surface area contributed by atoms with Crippen LogP contribution in [-0.4, -0.2) is 77.0 Å². The quantitative estimate of drug-likeness (QED) is 0.180. The zero-order valence-electron chi connectivity index (χ0n) is 24.4. The SMILES string of the molecule is C=S(=C)(C)NCc1cc(F)cc(-c2cncc3[nH]c(-c4n[nH]c5ccc(-c6cncc(CN7CCC(F)(F)C7)c6)nc45)nc23)c1. The number of alkyl halides is 2. The van der Waals surface area contributed by atoms with Gasteiger partial charge in [-0.1, -0.05) is 11.7 Å². The molecule has 1 fully saturated rings. The second-order valence-electron chi connectivity index (χ2n) is 11.7. The minimum Gasteiger partial charge on any atom is -0.335 e. The molecule has 0 saturated carbocycles. The van der Waals surface area contributed by atoms with Gasteiger partial charge in [-0.15, -0.1) is 0 Å². The number of nitrogens with one attached hydrogen (secondary N) is 3. The molecule has 1 aliphatic heterocycles. The fourth-order valence-corrected chi connectivity index (χ4v) is 6.08. The number of imidazole rings is 1. The number of likely N-dealkylation sites (tertiary alicyclic amines) is 1. The van der Waals surface area contributed by atoms with Crippen LogP contribution in [-0.2, 0) is 13.1 Å². The summed E-state index contributed by atoms with van der Waals surface area (Å²) >= 11 is 0. The number of hydrogen-bond donors (Lipinski definition) is 3. The smallest absolute Gasteiger partial charge is 0.261 e. The minimum absolute atomic E-state index is 0.129. The molecule has 0 atom stereocenters. The van der Waals surface area contributed by atoms with Gasteiger partial charge in [0.25, 0.3) is 5.92 Å². The summed E-state index contributed by atoms with van der Waals surface area (Å²) in [5.41, 5.74) is 7.42. The summed E-state index contributed by atoms with van der Waals surface area (Å²) in [6, 6.07) is 10.5. The third kappa shape index (κ3) is 6.19. The first-order chi connectivity index (χ1) is 21.5. The Bertz CT molecular complexity index is 2170. The largest absolute Gasteiger partial charge is 0.335 e. The van der Waals surface area contributed by atoms with Gasteiger partial charge in [-0.3, -0.25) is 24.7 Å². The monoisotopic (exact) mass is 629 g/mol. The van der Waals surface area contributed by atoms with Crippen LogP contribution in [0.4, 0.5) is 13.2 Å². The number of aromatic nitrogens is 7. The molecule has 6 aromatic rings. The number of fused-ring (bicyclic) bond motifs is 2. The van der Waals surface area contributed by atoms with Crippen molar-refractivity contribution in [2.75, 3.05) is 19.3 Å². The van der Waals surface area contributed by atoms with Gasteiger partial charge in [-0.2, -0.15) is 14.5 Å². The van der Waals surface area contributed by atoms with Gasteiger partial charge in [0, 0.05) is 55.8 Å². The van der Waals surface area contributed by atoms with Crippen molar-refractivity contribution in [1.82, 2.24) is 44.7 Å². The lowest BCUT2D eigenvalue weighted by molar-refractivity contribution is 0.0115. The van der Waals surface area contributed by atoms with Gasteiger partial charge in [-0.05, 0) is 59.3 Å². The highest BCUT2D eigenvalue weighted by molar-refractivity contribution is 8.25. The summed E-state index contributed by atoms with van der Waals surface area (Å²) in [7, 11) is -1.47. The highest BCUT2D eigenvalue weighted by Gasteiger charge is 2.37. The number of nitrogens with zero attached hydrogens (tertiary/aromatic N) is 6. The fraction of sp³-hybridized carbons (Fsp3) is 0.219. The number of rotatable bonds is 8. The molecular formula is C32H30F3N9S. The number of halogens is 3. The molecule has 0 spiro atoms. The average molecular weight is 630 g/mol. The number of aromatic amines is 2. The Balaban J connectivity index is 1.22. The van der Waals surface area contributed by atoms with E-state index in [2.05, 4.69) is 41.6 Å². The summed E-state index contributed by atoms with van der Waals surface area (Å²) in [6.45, 7) is 0.915. The Morgan fingerprint density at radius 3 is 2.58 bits per heavy atom. The summed E-state index contributed by atoms with van der Waals surface area (Å²) in [6.07, 6.45) is 8.52. The summed E-state index contributed by atoms with van der Waals surface area (Å²) in [5.74, 6) is 5.52. The lowest BCUT2D eigenvalue weighted by Crippen LogP contribution is -2.24. The minimum atomic E-state index is -2.65. The van der Waals surface area contributed by atoms with Gasteiger partial charge in [0.15, 0.2) is 11.5 Å². The first-order valence-electron chi connectivity index (χ1n) is 14.2. The van der Waals surface area contributed by atoms with Crippen LogP contribution in [0.2, 0.25) is 0 Å². The van der Waals surface area contributed by atoms with E-state index in [1.165, 1.54) is 12.1 Å². The van der Waals surface area contributed by atoms with Crippen molar-refractivity contribution in [2.45, 2.75) is 25.4 Å². The molecule has 3 N–H and O–H groups in total. The van der Waals surface area contributed by atoms with Crippen LogP contribution in [0.25, 0.3) is 56.0 Å². The summed E-state index contributed by atoms with van der Waals surface area (Å²) in [4.78, 5) is 23.5. The van der Waals surface area contributed by atoms with Crippen molar-refractivity contribution >= 4 is 43.2 Å². The lowest BCUT2D eigenvalue weighted by atomic mass is 10.0. The van der Waals surface area contributed by atoms with Crippen molar-refractivity contribution in [2.24, 2.45) is 0 Å². The third-order valence-corrected chi connectivity index (χ3v) is 8.51. The molecule has 45 heavy (non-hydrogen) atoms. The standard InChI is InChI=1S/C32H30F3N9S/c1-45(2,3)38-13-19-8-21(11-23(33)10-19)24-15-37-16-27-28(24)41-31(40-27)30-29-26(42-43-30)5-4-25(39-29)22-9-20(12-36-14-22)17-44-7-6-32(34,35)18-44/h4-5,8-12,14-16,38H,1-2,6-7,13,17-18H2,3H3,(H,40,41)(H,42,43). The molecule has 7 rings (SSSR count). The maximum absolute atomic E-state index is 14.7. The van der Waals surface area contributed by atoms with E-state index in [1.54, 1.807) is 29.7 Å². The van der Waals surface area contributed by atoms with E-state index in [-0.39, 0.29) is 18.8 Å². The van der Waals surface area contributed by atoms with Gasteiger partial charge in [0.1, 0.15) is 11.3 Å². The van der Waals surface area contributed by atoms with Crippen LogP contribution in [0.15, 0.2) is 61.2 Å². The lowest BCUT2D eigenvalue weighted by Gasteiger charge is -2.15. The van der Waals surface area contributed by atoms with Crippen molar-refractivity contribution < 1.29 is 13.2 Å². The Morgan fingerprint density at radius 1 is 0.956 bits per heavy atom. The van der Waals surface area contributed by atoms with E-state index >= 15 is 0 Å². The Labute approximate surface area is 257 Å². The van der Waals surface area contributed by atoms with Gasteiger partial charge in [0.05, 0.1) is 35.0 Å². The molecule has 1 saturated heterocycles. The van der Waals surface area contributed by atoms with Gasteiger partial charge >= 0.3 is 0 Å². The number of H-pyrrole nitrogens is 2. The topological polar surface area (TPSA) is 111 Å². The number of pyridine rings is 3.